The molecule has 0 radical (unpaired) electrons. The van der Waals surface area contributed by atoms with Gasteiger partial charge in [-0.3, -0.25) is 4.79 Å². The molecule has 0 N–H and O–H groups in total. The van der Waals surface area contributed by atoms with E-state index < -0.39 is 5.60 Å². The molecule has 0 heterocycles. The Balaban J connectivity index is 3.07. The molecule has 1 aliphatic carbocycles. The minimum Gasteiger partial charge on any atom is -0.450 e. The van der Waals surface area contributed by atoms with Gasteiger partial charge in [0.05, 0.1) is 0 Å². The summed E-state index contributed by atoms with van der Waals surface area (Å²) in [6, 6.07) is 0. The maximum absolute atomic E-state index is 11.7. The second-order valence-electron chi connectivity index (χ2n) is 5.09. The molecule has 2 atom stereocenters. The summed E-state index contributed by atoms with van der Waals surface area (Å²) in [6.07, 6.45) is 8.34. The van der Waals surface area contributed by atoms with E-state index in [0.717, 1.165) is 24.0 Å². The molecule has 0 aromatic carbocycles. The third-order valence-corrected chi connectivity index (χ3v) is 3.64. The summed E-state index contributed by atoms with van der Waals surface area (Å²) in [5, 5.41) is 0. The zero-order chi connectivity index (χ0) is 13.8. The Morgan fingerprint density at radius 3 is 2.83 bits per heavy atom. The number of hydrogen-bond acceptors (Lipinski definition) is 2. The fraction of sp³-hybridized carbons (Fsp3) is 0.562. The third-order valence-electron chi connectivity index (χ3n) is 3.64. The van der Waals surface area contributed by atoms with Crippen LogP contribution in [0.5, 0.6) is 0 Å². The topological polar surface area (TPSA) is 26.3 Å². The molecule has 0 aliphatic heterocycles. The van der Waals surface area contributed by atoms with Gasteiger partial charge in [0.15, 0.2) is 5.60 Å². The molecule has 0 saturated carbocycles. The van der Waals surface area contributed by atoms with Crippen molar-refractivity contribution in [3.63, 3.8) is 0 Å². The highest BCUT2D eigenvalue weighted by Gasteiger charge is 2.38. The van der Waals surface area contributed by atoms with Crippen molar-refractivity contribution in [1.82, 2.24) is 0 Å². The molecule has 0 spiro atoms. The molecular formula is C16H24O2. The number of allylic oxidation sites excluding steroid dienone is 3. The van der Waals surface area contributed by atoms with Crippen LogP contribution in [0.1, 0.15) is 47.0 Å². The molecule has 0 aromatic rings. The summed E-state index contributed by atoms with van der Waals surface area (Å²) in [4.78, 5) is 11.7. The summed E-state index contributed by atoms with van der Waals surface area (Å²) >= 11 is 0. The minimum absolute atomic E-state index is 0.150. The second-order valence-corrected chi connectivity index (χ2v) is 5.09. The van der Waals surface area contributed by atoms with E-state index in [1.807, 2.05) is 39.8 Å². The van der Waals surface area contributed by atoms with Gasteiger partial charge < -0.3 is 4.74 Å². The van der Waals surface area contributed by atoms with E-state index in [9.17, 15) is 4.79 Å². The van der Waals surface area contributed by atoms with E-state index in [0.29, 0.717) is 12.3 Å². The van der Waals surface area contributed by atoms with Crippen molar-refractivity contribution >= 4 is 5.97 Å². The average molecular weight is 248 g/mol. The quantitative estimate of drug-likeness (QED) is 0.551. The molecule has 0 aromatic heterocycles. The van der Waals surface area contributed by atoms with Crippen LogP contribution in [0.25, 0.3) is 0 Å². The van der Waals surface area contributed by atoms with Gasteiger partial charge in [-0.2, -0.15) is 0 Å². The summed E-state index contributed by atoms with van der Waals surface area (Å²) < 4.78 is 5.73. The van der Waals surface area contributed by atoms with Crippen molar-refractivity contribution in [2.24, 2.45) is 5.92 Å². The van der Waals surface area contributed by atoms with E-state index in [4.69, 9.17) is 4.74 Å². The van der Waals surface area contributed by atoms with Crippen LogP contribution < -0.4 is 0 Å². The molecule has 0 amide bonds. The number of rotatable bonds is 4. The molecule has 2 heteroatoms. The van der Waals surface area contributed by atoms with E-state index >= 15 is 0 Å². The molecule has 2 nitrogen and oxygen atoms in total. The van der Waals surface area contributed by atoms with Gasteiger partial charge in [-0.05, 0) is 44.8 Å². The second kappa shape index (κ2) is 6.03. The van der Waals surface area contributed by atoms with Crippen LogP contribution >= 0.6 is 0 Å². The van der Waals surface area contributed by atoms with E-state index in [1.54, 1.807) is 0 Å². The Bertz CT molecular complexity index is 390. The van der Waals surface area contributed by atoms with Crippen molar-refractivity contribution in [3.8, 4) is 0 Å². The van der Waals surface area contributed by atoms with Crippen molar-refractivity contribution in [3.05, 3.63) is 36.0 Å². The first-order valence-corrected chi connectivity index (χ1v) is 6.63. The molecule has 100 valence electrons. The fourth-order valence-corrected chi connectivity index (χ4v) is 2.38. The van der Waals surface area contributed by atoms with Gasteiger partial charge in [0.1, 0.15) is 0 Å². The van der Waals surface area contributed by atoms with E-state index in [2.05, 4.69) is 12.7 Å². The lowest BCUT2D eigenvalue weighted by Gasteiger charge is -2.38. The predicted octanol–water partition coefficient (Wildman–Crippen LogP) is 4.19. The van der Waals surface area contributed by atoms with Gasteiger partial charge in [0.2, 0.25) is 0 Å². The Morgan fingerprint density at radius 2 is 2.33 bits per heavy atom. The maximum Gasteiger partial charge on any atom is 0.306 e. The monoisotopic (exact) mass is 248 g/mol. The van der Waals surface area contributed by atoms with Crippen LogP contribution in [0, 0.1) is 5.92 Å². The van der Waals surface area contributed by atoms with Gasteiger partial charge in [-0.15, -0.1) is 0 Å². The average Bonchev–Trinajstić information content (AvgIpc) is 2.32. The lowest BCUT2D eigenvalue weighted by molar-refractivity contribution is -0.153. The third kappa shape index (κ3) is 3.12. The standard InChI is InChI=1S/C16H24O2/c1-6-10-16(18-15(17)7-2)11-14(12(3)4)9-8-13(16)5/h6,8,10,14H,3,7,9,11H2,1-2,4-5H3/b10-6+/t14-,16-/m1/s1. The molecule has 1 rings (SSSR count). The van der Waals surface area contributed by atoms with Gasteiger partial charge in [-0.25, -0.2) is 0 Å². The van der Waals surface area contributed by atoms with Crippen LogP contribution in [0.2, 0.25) is 0 Å². The first kappa shape index (κ1) is 14.7. The highest BCUT2D eigenvalue weighted by molar-refractivity contribution is 5.70. The first-order chi connectivity index (χ1) is 8.45. The van der Waals surface area contributed by atoms with Gasteiger partial charge >= 0.3 is 5.97 Å². The lowest BCUT2D eigenvalue weighted by Crippen LogP contribution is -2.39. The van der Waals surface area contributed by atoms with Crippen LogP contribution in [0.3, 0.4) is 0 Å². The lowest BCUT2D eigenvalue weighted by atomic mass is 9.75. The smallest absolute Gasteiger partial charge is 0.306 e. The van der Waals surface area contributed by atoms with Crippen molar-refractivity contribution < 1.29 is 9.53 Å². The van der Waals surface area contributed by atoms with E-state index in [-0.39, 0.29) is 5.97 Å². The molecule has 0 bridgehead atoms. The summed E-state index contributed by atoms with van der Waals surface area (Å²) in [5.41, 5.74) is 1.71. The Kier molecular flexibility index (Phi) is 4.94. The zero-order valence-corrected chi connectivity index (χ0v) is 12.0. The predicted molar refractivity (Wildman–Crippen MR) is 75.2 cm³/mol. The van der Waals surface area contributed by atoms with Crippen LogP contribution in [0.15, 0.2) is 36.0 Å². The molecule has 0 saturated heterocycles. The van der Waals surface area contributed by atoms with E-state index in [1.165, 1.54) is 0 Å². The maximum atomic E-state index is 11.7. The minimum atomic E-state index is -0.566. The summed E-state index contributed by atoms with van der Waals surface area (Å²) in [7, 11) is 0. The van der Waals surface area contributed by atoms with Crippen LogP contribution in [-0.2, 0) is 9.53 Å². The molecule has 1 aliphatic rings. The number of hydrogen-bond donors (Lipinski definition) is 0. The number of carbonyl (C=O) groups excluding carboxylic acids is 1. The summed E-state index contributed by atoms with van der Waals surface area (Å²) in [5.74, 6) is 0.234. The normalized spacial score (nSPS) is 28.0. The number of esters is 1. The Labute approximate surface area is 110 Å². The number of ether oxygens (including phenoxy) is 1. The Morgan fingerprint density at radius 1 is 1.67 bits per heavy atom. The first-order valence-electron chi connectivity index (χ1n) is 6.63. The van der Waals surface area contributed by atoms with Crippen molar-refractivity contribution in [2.75, 3.05) is 0 Å². The molecular weight excluding hydrogens is 224 g/mol. The largest absolute Gasteiger partial charge is 0.450 e. The summed E-state index contributed by atoms with van der Waals surface area (Å²) in [6.45, 7) is 11.9. The van der Waals surface area contributed by atoms with Crippen molar-refractivity contribution in [1.29, 1.82) is 0 Å². The Hall–Kier alpha value is -1.31. The molecule has 0 unspecified atom stereocenters. The van der Waals surface area contributed by atoms with Gasteiger partial charge in [0, 0.05) is 12.8 Å². The van der Waals surface area contributed by atoms with Crippen molar-refractivity contribution in [2.45, 2.75) is 52.6 Å². The number of carbonyl (C=O) groups is 1. The van der Waals surface area contributed by atoms with Crippen LogP contribution in [-0.4, -0.2) is 11.6 Å². The molecule has 0 fully saturated rings. The fourth-order valence-electron chi connectivity index (χ4n) is 2.38. The SMILES string of the molecule is C=C(C)[C@@H]1CC=C(C)[C@](/C=C/C)(OC(=O)CC)C1. The van der Waals surface area contributed by atoms with Gasteiger partial charge in [-0.1, -0.05) is 31.2 Å². The highest BCUT2D eigenvalue weighted by atomic mass is 16.6. The highest BCUT2D eigenvalue weighted by Crippen LogP contribution is 2.39. The van der Waals surface area contributed by atoms with Gasteiger partial charge in [0.25, 0.3) is 0 Å². The zero-order valence-electron chi connectivity index (χ0n) is 12.0. The van der Waals surface area contributed by atoms with Crippen LogP contribution in [0.4, 0.5) is 0 Å². The molecule has 18 heavy (non-hydrogen) atoms.